The van der Waals surface area contributed by atoms with E-state index in [-0.39, 0.29) is 29.6 Å². The van der Waals surface area contributed by atoms with Crippen LogP contribution < -0.4 is 15.5 Å². The van der Waals surface area contributed by atoms with E-state index in [1.165, 1.54) is 18.2 Å². The van der Waals surface area contributed by atoms with E-state index in [0.717, 1.165) is 79.9 Å². The molecule has 5 aromatic rings. The van der Waals surface area contributed by atoms with Crippen molar-refractivity contribution in [1.82, 2.24) is 20.3 Å². The minimum absolute atomic E-state index is 0.0144. The number of anilines is 1. The average Bonchev–Trinajstić information content (AvgIpc) is 3.95. The highest BCUT2D eigenvalue weighted by molar-refractivity contribution is 7.22. The van der Waals surface area contributed by atoms with Gasteiger partial charge < -0.3 is 19.7 Å². The van der Waals surface area contributed by atoms with Crippen LogP contribution in [-0.2, 0) is 24.0 Å². The Bertz CT molecular complexity index is 2220. The maximum Gasteiger partial charge on any atom is 0.257 e. The van der Waals surface area contributed by atoms with Crippen molar-refractivity contribution in [2.75, 3.05) is 19.0 Å². The molecule has 2 N–H and O–H groups in total. The number of aromatic nitrogens is 2. The SMILES string of the molecule is COc1cc(F)cc2c1CCC2Nc1nccc2cc(-c3c4c(nc(CCc5ccc(F)cc5)c3C3NN=C(C)O3)[C@@H]3CCCN3C4=O)sc12. The quantitative estimate of drug-likeness (QED) is 0.171. The number of hydrogen-bond donors (Lipinski definition) is 2. The minimum Gasteiger partial charge on any atom is -0.496 e. The molecule has 50 heavy (non-hydrogen) atoms. The molecule has 0 radical (unpaired) electrons. The molecule has 12 heteroatoms. The molecule has 254 valence electrons. The number of carbonyl (C=O) groups excluding carboxylic acids is 1. The van der Waals surface area contributed by atoms with Gasteiger partial charge in [-0.1, -0.05) is 12.1 Å². The molecular formula is C38H34F2N6O3S. The molecule has 9 rings (SSSR count). The Morgan fingerprint density at radius 1 is 1.08 bits per heavy atom. The molecule has 1 fully saturated rings. The Hall–Kier alpha value is -5.10. The number of hydrazone groups is 1. The molecular weight excluding hydrogens is 659 g/mol. The van der Waals surface area contributed by atoms with Crippen LogP contribution in [-0.4, -0.2) is 40.3 Å². The molecule has 1 aliphatic carbocycles. The number of thiophene rings is 1. The number of ether oxygens (including phenoxy) is 2. The van der Waals surface area contributed by atoms with E-state index in [2.05, 4.69) is 21.9 Å². The molecule has 2 aromatic carbocycles. The van der Waals surface area contributed by atoms with Crippen LogP contribution >= 0.6 is 11.3 Å². The maximum atomic E-state index is 14.6. The topological polar surface area (TPSA) is 101 Å². The van der Waals surface area contributed by atoms with Crippen molar-refractivity contribution in [3.63, 3.8) is 0 Å². The third-order valence-corrected chi connectivity index (χ3v) is 11.5. The Labute approximate surface area is 291 Å². The number of rotatable bonds is 8. The van der Waals surface area contributed by atoms with Gasteiger partial charge in [0.2, 0.25) is 12.1 Å². The summed E-state index contributed by atoms with van der Waals surface area (Å²) in [6, 6.07) is 13.4. The lowest BCUT2D eigenvalue weighted by Crippen LogP contribution is -2.23. The number of aryl methyl sites for hydroxylation is 2. The molecule has 6 heterocycles. The average molecular weight is 693 g/mol. The van der Waals surface area contributed by atoms with Crippen molar-refractivity contribution in [1.29, 1.82) is 0 Å². The van der Waals surface area contributed by atoms with Crippen LogP contribution in [0, 0.1) is 11.6 Å². The van der Waals surface area contributed by atoms with Gasteiger partial charge in [-0.2, -0.15) is 0 Å². The summed E-state index contributed by atoms with van der Waals surface area (Å²) in [5, 5.41) is 8.93. The third-order valence-electron chi connectivity index (χ3n) is 10.3. The zero-order valence-corrected chi connectivity index (χ0v) is 28.4. The molecule has 3 aromatic heterocycles. The Morgan fingerprint density at radius 3 is 2.74 bits per heavy atom. The number of nitrogens with one attached hydrogen (secondary N) is 2. The largest absolute Gasteiger partial charge is 0.496 e. The molecule has 1 amide bonds. The highest BCUT2D eigenvalue weighted by Gasteiger charge is 2.45. The van der Waals surface area contributed by atoms with Crippen molar-refractivity contribution in [2.45, 2.75) is 63.8 Å². The van der Waals surface area contributed by atoms with Crippen LogP contribution in [0.2, 0.25) is 0 Å². The molecule has 3 atom stereocenters. The first-order chi connectivity index (χ1) is 24.4. The summed E-state index contributed by atoms with van der Waals surface area (Å²) in [5.74, 6) is 1.13. The second-order valence-electron chi connectivity index (χ2n) is 13.2. The van der Waals surface area contributed by atoms with E-state index < -0.39 is 6.23 Å². The van der Waals surface area contributed by atoms with Crippen molar-refractivity contribution >= 4 is 39.0 Å². The second-order valence-corrected chi connectivity index (χ2v) is 14.3. The monoisotopic (exact) mass is 692 g/mol. The lowest BCUT2D eigenvalue weighted by Gasteiger charge is -2.21. The predicted molar refractivity (Wildman–Crippen MR) is 187 cm³/mol. The molecule has 2 unspecified atom stereocenters. The van der Waals surface area contributed by atoms with Gasteiger partial charge in [0.25, 0.3) is 5.91 Å². The van der Waals surface area contributed by atoms with Crippen molar-refractivity contribution in [3.8, 4) is 16.2 Å². The van der Waals surface area contributed by atoms with Crippen LogP contribution in [0.4, 0.5) is 14.6 Å². The van der Waals surface area contributed by atoms with E-state index in [9.17, 15) is 13.6 Å². The van der Waals surface area contributed by atoms with Gasteiger partial charge in [-0.3, -0.25) is 15.2 Å². The van der Waals surface area contributed by atoms with Gasteiger partial charge in [0, 0.05) is 41.7 Å². The highest BCUT2D eigenvalue weighted by atomic mass is 32.1. The molecule has 9 nitrogen and oxygen atoms in total. The third kappa shape index (κ3) is 5.07. The van der Waals surface area contributed by atoms with Crippen LogP contribution in [0.5, 0.6) is 5.75 Å². The van der Waals surface area contributed by atoms with E-state index in [1.807, 2.05) is 11.0 Å². The summed E-state index contributed by atoms with van der Waals surface area (Å²) >= 11 is 1.56. The summed E-state index contributed by atoms with van der Waals surface area (Å²) in [4.78, 5) is 27.1. The van der Waals surface area contributed by atoms with Crippen molar-refractivity contribution in [3.05, 3.63) is 106 Å². The van der Waals surface area contributed by atoms with E-state index in [0.29, 0.717) is 42.4 Å². The van der Waals surface area contributed by atoms with Crippen LogP contribution in [0.15, 0.2) is 59.8 Å². The number of halogens is 2. The number of fused-ring (bicyclic) bond motifs is 5. The van der Waals surface area contributed by atoms with Gasteiger partial charge >= 0.3 is 0 Å². The van der Waals surface area contributed by atoms with Gasteiger partial charge in [0.15, 0.2) is 0 Å². The zero-order chi connectivity index (χ0) is 34.1. The standard InChI is InChI=1S/C38H34F2N6O3S/c1-19-44-45-37(49-19)31-27(11-7-20-5-8-22(39)9-6-20)42-34-28-4-3-15-46(28)38(47)33(34)32(31)30-16-21-13-14-41-36(35(21)50-30)43-26-12-10-24-25(26)17-23(40)18-29(24)48-2/h5-6,8-9,13-14,16-18,26,28,37,45H,3-4,7,10-12,15H2,1-2H3,(H,41,43)/t26?,28-,37?/m0/s1. The maximum absolute atomic E-state index is 14.6. The second kappa shape index (κ2) is 12.0. The van der Waals surface area contributed by atoms with Gasteiger partial charge in [-0.15, -0.1) is 16.4 Å². The number of carbonyl (C=O) groups is 1. The lowest BCUT2D eigenvalue weighted by molar-refractivity contribution is 0.0776. The fraction of sp³-hybridized carbons (Fsp3) is 0.316. The Morgan fingerprint density at radius 2 is 1.94 bits per heavy atom. The number of amides is 1. The fourth-order valence-corrected chi connectivity index (χ4v) is 9.22. The van der Waals surface area contributed by atoms with E-state index in [1.54, 1.807) is 49.8 Å². The number of methoxy groups -OCH3 is 1. The molecule has 0 bridgehead atoms. The molecule has 1 saturated heterocycles. The number of pyridine rings is 2. The van der Waals surface area contributed by atoms with Gasteiger partial charge in [-0.05, 0) is 90.9 Å². The van der Waals surface area contributed by atoms with Crippen molar-refractivity contribution < 1.29 is 23.0 Å². The molecule has 4 aliphatic rings. The molecule has 0 saturated carbocycles. The van der Waals surface area contributed by atoms with Crippen LogP contribution in [0.1, 0.15) is 88.5 Å². The van der Waals surface area contributed by atoms with Crippen LogP contribution in [0.25, 0.3) is 20.5 Å². The van der Waals surface area contributed by atoms with Crippen LogP contribution in [0.3, 0.4) is 0 Å². The summed E-state index contributed by atoms with van der Waals surface area (Å²) in [6.07, 6.45) is 5.66. The number of hydrogen-bond acceptors (Lipinski definition) is 9. The Kier molecular flexibility index (Phi) is 7.45. The summed E-state index contributed by atoms with van der Waals surface area (Å²) in [5.41, 5.74) is 9.85. The molecule has 3 aliphatic heterocycles. The first kappa shape index (κ1) is 30.9. The smallest absolute Gasteiger partial charge is 0.257 e. The predicted octanol–water partition coefficient (Wildman–Crippen LogP) is 7.77. The van der Waals surface area contributed by atoms with Gasteiger partial charge in [0.05, 0.1) is 40.8 Å². The van der Waals surface area contributed by atoms with E-state index in [4.69, 9.17) is 19.4 Å². The first-order valence-electron chi connectivity index (χ1n) is 17.0. The summed E-state index contributed by atoms with van der Waals surface area (Å²) in [7, 11) is 1.57. The number of benzene rings is 2. The Balaban J connectivity index is 1.18. The first-order valence-corrected chi connectivity index (χ1v) is 17.8. The summed E-state index contributed by atoms with van der Waals surface area (Å²) in [6.45, 7) is 2.48. The lowest BCUT2D eigenvalue weighted by atomic mass is 9.92. The van der Waals surface area contributed by atoms with Gasteiger partial charge in [0.1, 0.15) is 23.2 Å². The number of nitrogens with zero attached hydrogens (tertiary/aromatic N) is 4. The van der Waals surface area contributed by atoms with E-state index >= 15 is 0 Å². The minimum atomic E-state index is -0.643. The van der Waals surface area contributed by atoms with Gasteiger partial charge in [-0.25, -0.2) is 13.8 Å². The highest BCUT2D eigenvalue weighted by Crippen LogP contribution is 2.50. The summed E-state index contributed by atoms with van der Waals surface area (Å²) < 4.78 is 41.0. The zero-order valence-electron chi connectivity index (χ0n) is 27.6. The fourth-order valence-electron chi connectivity index (χ4n) is 8.05. The van der Waals surface area contributed by atoms with Crippen molar-refractivity contribution in [2.24, 2.45) is 5.10 Å². The molecule has 0 spiro atoms. The normalized spacial score (nSPS) is 20.4.